The molecule has 4 rings (SSSR count). The molecule has 0 radical (unpaired) electrons. The molecule has 0 saturated heterocycles. The Morgan fingerprint density at radius 3 is 2.36 bits per heavy atom. The van der Waals surface area contributed by atoms with Crippen molar-refractivity contribution in [2.45, 2.75) is 5.16 Å². The zero-order valence-corrected chi connectivity index (χ0v) is 19.1. The van der Waals surface area contributed by atoms with E-state index in [4.69, 9.17) is 16.3 Å². The molecule has 166 valence electrons. The Morgan fingerprint density at radius 1 is 0.970 bits per heavy atom. The largest absolute Gasteiger partial charge is 0.465 e. The van der Waals surface area contributed by atoms with E-state index in [-0.39, 0.29) is 11.7 Å². The van der Waals surface area contributed by atoms with Gasteiger partial charge in [0.05, 0.1) is 29.1 Å². The standard InChI is InChI=1S/C24H19ClN4O3S/c1-32-23(31)17-13-11-16(12-14-17)22-27-28-24(29(22)18-7-3-2-4-8-18)33-15-21(30)26-20-10-6-5-9-19(20)25/h2-14H,15H2,1H3,(H,26,30). The lowest BCUT2D eigenvalue weighted by atomic mass is 10.1. The molecule has 3 aromatic carbocycles. The third-order valence-electron chi connectivity index (χ3n) is 4.69. The summed E-state index contributed by atoms with van der Waals surface area (Å²) in [5.74, 6) is 0.0930. The number of amides is 1. The van der Waals surface area contributed by atoms with Gasteiger partial charge in [-0.3, -0.25) is 9.36 Å². The van der Waals surface area contributed by atoms with Gasteiger partial charge in [-0.2, -0.15) is 0 Å². The fraction of sp³-hybridized carbons (Fsp3) is 0.0833. The maximum Gasteiger partial charge on any atom is 0.337 e. The van der Waals surface area contributed by atoms with Gasteiger partial charge in [0, 0.05) is 11.3 Å². The van der Waals surface area contributed by atoms with Crippen molar-refractivity contribution in [1.29, 1.82) is 0 Å². The first-order valence-electron chi connectivity index (χ1n) is 9.93. The molecule has 7 nitrogen and oxygen atoms in total. The molecule has 1 amide bonds. The summed E-state index contributed by atoms with van der Waals surface area (Å²) in [5.41, 5.74) is 2.62. The Labute approximate surface area is 199 Å². The Hall–Kier alpha value is -3.62. The van der Waals surface area contributed by atoms with Crippen LogP contribution < -0.4 is 5.32 Å². The van der Waals surface area contributed by atoms with Gasteiger partial charge in [0.15, 0.2) is 11.0 Å². The van der Waals surface area contributed by atoms with E-state index in [1.165, 1.54) is 18.9 Å². The van der Waals surface area contributed by atoms with Gasteiger partial charge in [0.1, 0.15) is 0 Å². The molecule has 1 heterocycles. The number of hydrogen-bond acceptors (Lipinski definition) is 6. The zero-order valence-electron chi connectivity index (χ0n) is 17.6. The van der Waals surface area contributed by atoms with E-state index in [0.29, 0.717) is 27.3 Å². The number of para-hydroxylation sites is 2. The summed E-state index contributed by atoms with van der Waals surface area (Å²) in [4.78, 5) is 24.3. The number of anilines is 1. The highest BCUT2D eigenvalue weighted by Gasteiger charge is 2.18. The number of nitrogens with one attached hydrogen (secondary N) is 1. The van der Waals surface area contributed by atoms with Crippen LogP contribution in [-0.4, -0.2) is 39.5 Å². The van der Waals surface area contributed by atoms with E-state index in [1.54, 1.807) is 48.5 Å². The minimum atomic E-state index is -0.410. The number of halogens is 1. The van der Waals surface area contributed by atoms with Crippen molar-refractivity contribution in [3.05, 3.63) is 89.4 Å². The average molecular weight is 479 g/mol. The summed E-state index contributed by atoms with van der Waals surface area (Å²) in [7, 11) is 1.34. The Kier molecular flexibility index (Phi) is 7.07. The molecular formula is C24H19ClN4O3S. The van der Waals surface area contributed by atoms with Crippen LogP contribution in [0.15, 0.2) is 84.0 Å². The molecule has 0 bridgehead atoms. The Morgan fingerprint density at radius 2 is 1.67 bits per heavy atom. The van der Waals surface area contributed by atoms with Crippen molar-refractivity contribution >= 4 is 40.9 Å². The van der Waals surface area contributed by atoms with Gasteiger partial charge in [-0.1, -0.05) is 65.8 Å². The molecule has 1 aromatic heterocycles. The van der Waals surface area contributed by atoms with Crippen LogP contribution in [0.1, 0.15) is 10.4 Å². The lowest BCUT2D eigenvalue weighted by molar-refractivity contribution is -0.113. The van der Waals surface area contributed by atoms with Gasteiger partial charge in [0.2, 0.25) is 5.91 Å². The van der Waals surface area contributed by atoms with Crippen molar-refractivity contribution in [3.8, 4) is 17.1 Å². The number of ether oxygens (including phenoxy) is 1. The number of carbonyl (C=O) groups is 2. The number of aromatic nitrogens is 3. The molecule has 0 aliphatic carbocycles. The van der Waals surface area contributed by atoms with Gasteiger partial charge in [-0.05, 0) is 36.4 Å². The van der Waals surface area contributed by atoms with Crippen LogP contribution in [0, 0.1) is 0 Å². The maximum absolute atomic E-state index is 12.5. The fourth-order valence-corrected chi connectivity index (χ4v) is 4.05. The highest BCUT2D eigenvalue weighted by Crippen LogP contribution is 2.29. The maximum atomic E-state index is 12.5. The van der Waals surface area contributed by atoms with Crippen molar-refractivity contribution in [2.75, 3.05) is 18.2 Å². The molecule has 1 N–H and O–H groups in total. The second kappa shape index (κ2) is 10.3. The monoisotopic (exact) mass is 478 g/mol. The molecule has 0 aliphatic rings. The summed E-state index contributed by atoms with van der Waals surface area (Å²) < 4.78 is 6.64. The summed E-state index contributed by atoms with van der Waals surface area (Å²) in [6.07, 6.45) is 0. The summed E-state index contributed by atoms with van der Waals surface area (Å²) in [6.45, 7) is 0. The number of hydrogen-bond donors (Lipinski definition) is 1. The zero-order chi connectivity index (χ0) is 23.2. The van der Waals surface area contributed by atoms with Crippen molar-refractivity contribution < 1.29 is 14.3 Å². The third-order valence-corrected chi connectivity index (χ3v) is 5.95. The number of nitrogens with zero attached hydrogens (tertiary/aromatic N) is 3. The molecular weight excluding hydrogens is 460 g/mol. The molecule has 0 saturated carbocycles. The number of carbonyl (C=O) groups excluding carboxylic acids is 2. The van der Waals surface area contributed by atoms with Crippen molar-refractivity contribution in [1.82, 2.24) is 14.8 Å². The van der Waals surface area contributed by atoms with Crippen LogP contribution in [0.5, 0.6) is 0 Å². The van der Waals surface area contributed by atoms with E-state index in [9.17, 15) is 9.59 Å². The number of thioether (sulfide) groups is 1. The summed E-state index contributed by atoms with van der Waals surface area (Å²) in [5, 5.41) is 12.5. The smallest absolute Gasteiger partial charge is 0.337 e. The van der Waals surface area contributed by atoms with Crippen molar-refractivity contribution in [2.24, 2.45) is 0 Å². The average Bonchev–Trinajstić information content (AvgIpc) is 3.28. The minimum absolute atomic E-state index is 0.122. The summed E-state index contributed by atoms with van der Waals surface area (Å²) in [6, 6.07) is 23.6. The van der Waals surface area contributed by atoms with Crippen LogP contribution in [0.3, 0.4) is 0 Å². The summed E-state index contributed by atoms with van der Waals surface area (Å²) >= 11 is 7.39. The van der Waals surface area contributed by atoms with Crippen LogP contribution in [-0.2, 0) is 9.53 Å². The molecule has 0 atom stereocenters. The number of rotatable bonds is 7. The van der Waals surface area contributed by atoms with Crippen molar-refractivity contribution in [3.63, 3.8) is 0 Å². The number of esters is 1. The fourth-order valence-electron chi connectivity index (χ4n) is 3.11. The van der Waals surface area contributed by atoms with Gasteiger partial charge in [-0.25, -0.2) is 4.79 Å². The molecule has 33 heavy (non-hydrogen) atoms. The lowest BCUT2D eigenvalue weighted by Crippen LogP contribution is -2.14. The van der Waals surface area contributed by atoms with Gasteiger partial charge >= 0.3 is 5.97 Å². The molecule has 0 fully saturated rings. The Bertz CT molecular complexity index is 1280. The quantitative estimate of drug-likeness (QED) is 0.293. The molecule has 0 unspecified atom stereocenters. The first kappa shape index (κ1) is 22.6. The predicted octanol–water partition coefficient (Wildman–Crippen LogP) is 5.11. The van der Waals surface area contributed by atoms with E-state index in [1.807, 2.05) is 34.9 Å². The SMILES string of the molecule is COC(=O)c1ccc(-c2nnc(SCC(=O)Nc3ccccc3Cl)n2-c2ccccc2)cc1. The van der Waals surface area contributed by atoms with E-state index >= 15 is 0 Å². The van der Waals surface area contributed by atoms with E-state index in [2.05, 4.69) is 15.5 Å². The lowest BCUT2D eigenvalue weighted by Gasteiger charge is -2.11. The molecule has 0 spiro atoms. The van der Waals surface area contributed by atoms with Crippen LogP contribution in [0.25, 0.3) is 17.1 Å². The van der Waals surface area contributed by atoms with Gasteiger partial charge in [-0.15, -0.1) is 10.2 Å². The minimum Gasteiger partial charge on any atom is -0.465 e. The molecule has 0 aliphatic heterocycles. The normalized spacial score (nSPS) is 10.6. The third kappa shape index (κ3) is 5.24. The molecule has 9 heteroatoms. The Balaban J connectivity index is 1.60. The first-order chi connectivity index (χ1) is 16.1. The van der Waals surface area contributed by atoms with E-state index in [0.717, 1.165) is 11.3 Å². The van der Waals surface area contributed by atoms with Crippen LogP contribution in [0.4, 0.5) is 5.69 Å². The number of methoxy groups -OCH3 is 1. The predicted molar refractivity (Wildman–Crippen MR) is 129 cm³/mol. The van der Waals surface area contributed by atoms with E-state index < -0.39 is 5.97 Å². The van der Waals surface area contributed by atoms with Gasteiger partial charge in [0.25, 0.3) is 0 Å². The molecule has 4 aromatic rings. The van der Waals surface area contributed by atoms with Crippen LogP contribution >= 0.6 is 23.4 Å². The first-order valence-corrected chi connectivity index (χ1v) is 11.3. The second-order valence-corrected chi connectivity index (χ2v) is 8.21. The van der Waals surface area contributed by atoms with Gasteiger partial charge < -0.3 is 10.1 Å². The highest BCUT2D eigenvalue weighted by atomic mass is 35.5. The topological polar surface area (TPSA) is 86.1 Å². The van der Waals surface area contributed by atoms with Crippen LogP contribution in [0.2, 0.25) is 5.02 Å². The number of benzene rings is 3. The second-order valence-electron chi connectivity index (χ2n) is 6.86. The highest BCUT2D eigenvalue weighted by molar-refractivity contribution is 7.99.